The van der Waals surface area contributed by atoms with E-state index < -0.39 is 5.56 Å². The number of aryl methyl sites for hydroxylation is 1. The van der Waals surface area contributed by atoms with Crippen LogP contribution in [-0.4, -0.2) is 36.9 Å². The Morgan fingerprint density at radius 3 is 3.05 bits per heavy atom. The Kier molecular flexibility index (Phi) is 5.28. The lowest BCUT2D eigenvalue weighted by atomic mass is 10.4. The Balaban J connectivity index is 1.87. The van der Waals surface area contributed by atoms with E-state index in [-0.39, 0.29) is 22.7 Å². The fourth-order valence-corrected chi connectivity index (χ4v) is 2.93. The van der Waals surface area contributed by atoms with Crippen molar-refractivity contribution < 1.29 is 9.90 Å². The monoisotopic (exact) mass is 327 g/mol. The second-order valence-electron chi connectivity index (χ2n) is 4.00. The van der Waals surface area contributed by atoms with Crippen molar-refractivity contribution in [3.05, 3.63) is 21.4 Å². The molecule has 0 aliphatic heterocycles. The summed E-state index contributed by atoms with van der Waals surface area (Å²) in [6.45, 7) is 2.04. The Bertz CT molecular complexity index is 684. The van der Waals surface area contributed by atoms with Crippen molar-refractivity contribution in [1.82, 2.24) is 20.2 Å². The molecule has 0 fully saturated rings. The molecule has 0 aromatic carbocycles. The van der Waals surface area contributed by atoms with E-state index in [2.05, 4.69) is 25.5 Å². The second kappa shape index (κ2) is 7.18. The predicted octanol–water partition coefficient (Wildman–Crippen LogP) is 1.01. The van der Waals surface area contributed by atoms with Gasteiger partial charge >= 0.3 is 0 Å². The lowest BCUT2D eigenvalue weighted by molar-refractivity contribution is -0.113. The largest absolute Gasteiger partial charge is 0.493 e. The topological polar surface area (TPSA) is 121 Å². The van der Waals surface area contributed by atoms with Gasteiger partial charge in [0.1, 0.15) is 5.01 Å². The molecule has 0 spiro atoms. The van der Waals surface area contributed by atoms with E-state index in [0.717, 1.165) is 35.7 Å². The Hall–Kier alpha value is -1.94. The van der Waals surface area contributed by atoms with Gasteiger partial charge in [0, 0.05) is 6.42 Å². The minimum atomic E-state index is -0.473. The summed E-state index contributed by atoms with van der Waals surface area (Å²) in [6.07, 6.45) is 1.80. The van der Waals surface area contributed by atoms with Crippen LogP contribution in [0.1, 0.15) is 18.4 Å². The summed E-state index contributed by atoms with van der Waals surface area (Å²) in [5, 5.41) is 21.1. The van der Waals surface area contributed by atoms with Crippen LogP contribution < -0.4 is 10.9 Å². The highest BCUT2D eigenvalue weighted by molar-refractivity contribution is 7.99. The number of carbonyl (C=O) groups excluding carboxylic acids is 1. The van der Waals surface area contributed by atoms with E-state index in [0.29, 0.717) is 5.13 Å². The fourth-order valence-electron chi connectivity index (χ4n) is 1.40. The number of carbonyl (C=O) groups is 1. The molecule has 112 valence electrons. The molecular formula is C11H13N5O3S2. The maximum Gasteiger partial charge on any atom is 0.255 e. The van der Waals surface area contributed by atoms with Gasteiger partial charge in [-0.2, -0.15) is 4.98 Å². The van der Waals surface area contributed by atoms with Crippen LogP contribution in [0.15, 0.2) is 16.0 Å². The van der Waals surface area contributed by atoms with Gasteiger partial charge in [-0.15, -0.1) is 10.2 Å². The SMILES string of the molecule is CCCc1nnc(NC(=O)CSc2nc(O)cc(=O)[nH]2)s1. The Morgan fingerprint density at radius 2 is 2.33 bits per heavy atom. The van der Waals surface area contributed by atoms with E-state index >= 15 is 0 Å². The third kappa shape index (κ3) is 4.83. The molecule has 2 aromatic rings. The number of thioether (sulfide) groups is 1. The number of nitrogens with zero attached hydrogens (tertiary/aromatic N) is 3. The number of aromatic nitrogens is 4. The summed E-state index contributed by atoms with van der Waals surface area (Å²) in [6, 6.07) is 0.959. The molecule has 0 unspecified atom stereocenters. The standard InChI is InChI=1S/C11H13N5O3S2/c1-2-3-9-15-16-11(21-9)14-8(19)5-20-10-12-6(17)4-7(18)13-10/h4H,2-3,5H2,1H3,(H,14,16,19)(H2,12,13,17,18). The zero-order valence-electron chi connectivity index (χ0n) is 11.1. The van der Waals surface area contributed by atoms with Gasteiger partial charge in [-0.1, -0.05) is 30.0 Å². The minimum Gasteiger partial charge on any atom is -0.493 e. The summed E-state index contributed by atoms with van der Waals surface area (Å²) < 4.78 is 0. The van der Waals surface area contributed by atoms with Gasteiger partial charge in [0.05, 0.1) is 11.8 Å². The molecule has 3 N–H and O–H groups in total. The fraction of sp³-hybridized carbons (Fsp3) is 0.364. The van der Waals surface area contributed by atoms with Crippen LogP contribution in [0.5, 0.6) is 5.88 Å². The van der Waals surface area contributed by atoms with E-state index in [9.17, 15) is 14.7 Å². The van der Waals surface area contributed by atoms with Crippen molar-refractivity contribution >= 4 is 34.1 Å². The number of nitrogens with one attached hydrogen (secondary N) is 2. The van der Waals surface area contributed by atoms with Gasteiger partial charge in [-0.05, 0) is 6.42 Å². The first kappa shape index (κ1) is 15.4. The van der Waals surface area contributed by atoms with Gasteiger partial charge in [0.15, 0.2) is 5.16 Å². The summed E-state index contributed by atoms with van der Waals surface area (Å²) in [4.78, 5) is 29.0. The van der Waals surface area contributed by atoms with Crippen molar-refractivity contribution in [2.75, 3.05) is 11.1 Å². The van der Waals surface area contributed by atoms with Crippen LogP contribution in [0.2, 0.25) is 0 Å². The first-order valence-electron chi connectivity index (χ1n) is 6.12. The molecule has 2 aromatic heterocycles. The van der Waals surface area contributed by atoms with E-state index in [1.807, 2.05) is 6.92 Å². The highest BCUT2D eigenvalue weighted by atomic mass is 32.2. The second-order valence-corrected chi connectivity index (χ2v) is 6.02. The number of aromatic amines is 1. The number of aromatic hydroxyl groups is 1. The average molecular weight is 327 g/mol. The number of amides is 1. The zero-order chi connectivity index (χ0) is 15.2. The van der Waals surface area contributed by atoms with Crippen LogP contribution >= 0.6 is 23.1 Å². The van der Waals surface area contributed by atoms with E-state index in [1.54, 1.807) is 0 Å². The van der Waals surface area contributed by atoms with Crippen molar-refractivity contribution in [2.45, 2.75) is 24.9 Å². The maximum atomic E-state index is 11.7. The highest BCUT2D eigenvalue weighted by Crippen LogP contribution is 2.18. The Labute approximate surface area is 128 Å². The molecule has 1 amide bonds. The quantitative estimate of drug-likeness (QED) is 0.535. The number of anilines is 1. The minimum absolute atomic E-state index is 0.0368. The summed E-state index contributed by atoms with van der Waals surface area (Å²) >= 11 is 2.35. The zero-order valence-corrected chi connectivity index (χ0v) is 12.8. The molecule has 0 saturated heterocycles. The molecule has 2 heterocycles. The smallest absolute Gasteiger partial charge is 0.255 e. The number of rotatable bonds is 6. The normalized spacial score (nSPS) is 10.5. The Morgan fingerprint density at radius 1 is 1.52 bits per heavy atom. The highest BCUT2D eigenvalue weighted by Gasteiger charge is 2.09. The molecule has 0 radical (unpaired) electrons. The van der Waals surface area contributed by atoms with Crippen LogP contribution in [0.4, 0.5) is 5.13 Å². The van der Waals surface area contributed by atoms with Crippen molar-refractivity contribution in [3.8, 4) is 5.88 Å². The number of hydrogen-bond acceptors (Lipinski definition) is 8. The molecule has 0 bridgehead atoms. The number of H-pyrrole nitrogens is 1. The number of hydrogen-bond donors (Lipinski definition) is 3. The first-order valence-corrected chi connectivity index (χ1v) is 7.92. The van der Waals surface area contributed by atoms with Gasteiger partial charge in [0.25, 0.3) is 5.56 Å². The van der Waals surface area contributed by atoms with E-state index in [1.165, 1.54) is 11.3 Å². The summed E-state index contributed by atoms with van der Waals surface area (Å²) in [5.41, 5.74) is -0.473. The average Bonchev–Trinajstić information content (AvgIpc) is 2.83. The first-order chi connectivity index (χ1) is 10.1. The summed E-state index contributed by atoms with van der Waals surface area (Å²) in [7, 11) is 0. The van der Waals surface area contributed by atoms with Crippen LogP contribution in [0, 0.1) is 0 Å². The molecule has 2 rings (SSSR count). The molecule has 0 aliphatic rings. The van der Waals surface area contributed by atoms with Crippen molar-refractivity contribution in [1.29, 1.82) is 0 Å². The molecular weight excluding hydrogens is 314 g/mol. The predicted molar refractivity (Wildman–Crippen MR) is 79.8 cm³/mol. The molecule has 0 saturated carbocycles. The van der Waals surface area contributed by atoms with Crippen molar-refractivity contribution in [2.24, 2.45) is 0 Å². The lowest BCUT2D eigenvalue weighted by Crippen LogP contribution is -2.15. The van der Waals surface area contributed by atoms with Gasteiger partial charge in [-0.3, -0.25) is 14.9 Å². The maximum absolute atomic E-state index is 11.7. The van der Waals surface area contributed by atoms with Crippen LogP contribution in [0.3, 0.4) is 0 Å². The summed E-state index contributed by atoms with van der Waals surface area (Å²) in [5.74, 6) is -0.630. The molecule has 21 heavy (non-hydrogen) atoms. The molecule has 8 nitrogen and oxygen atoms in total. The van der Waals surface area contributed by atoms with Crippen molar-refractivity contribution in [3.63, 3.8) is 0 Å². The molecule has 0 atom stereocenters. The lowest BCUT2D eigenvalue weighted by Gasteiger charge is -2.01. The third-order valence-electron chi connectivity index (χ3n) is 2.22. The van der Waals surface area contributed by atoms with Crippen LogP contribution in [0.25, 0.3) is 0 Å². The van der Waals surface area contributed by atoms with Gasteiger partial charge < -0.3 is 10.1 Å². The van der Waals surface area contributed by atoms with Gasteiger partial charge in [-0.25, -0.2) is 0 Å². The van der Waals surface area contributed by atoms with Crippen LogP contribution in [-0.2, 0) is 11.2 Å². The van der Waals surface area contributed by atoms with E-state index in [4.69, 9.17) is 0 Å². The molecule has 10 heteroatoms. The third-order valence-corrected chi connectivity index (χ3v) is 4.00. The molecule has 0 aliphatic carbocycles. The van der Waals surface area contributed by atoms with Gasteiger partial charge in [0.2, 0.25) is 16.9 Å².